The smallest absolute Gasteiger partial charge is 0.279 e. The Labute approximate surface area is 244 Å². The SMILES string of the molecule is CCCc1c2nc(-c3cc(S(=O)(=O)N4CCN(C)CC4)ccc3OCC)[nH]c(=O)c2nn1Cc1ccc(C(N)=O)cc1. The van der Waals surface area contributed by atoms with Crippen molar-refractivity contribution < 1.29 is 17.9 Å². The number of nitrogens with zero attached hydrogens (tertiary/aromatic N) is 5. The molecule has 1 amide bonds. The van der Waals surface area contributed by atoms with Crippen LogP contribution in [0.5, 0.6) is 5.75 Å². The standard InChI is InChI=1S/C29H35N7O5S/c1-4-6-23-25-26(33-36(23)18-19-7-9-20(10-8-19)27(30)37)29(38)32-28(31-25)22-17-21(11-12-24(22)41-5-2)42(39,40)35-15-13-34(3)14-16-35/h7-12,17H,4-6,13-16,18H2,1-3H3,(H2,30,37)(H,31,32,38). The number of fused-ring (bicyclic) bond motifs is 1. The predicted molar refractivity (Wildman–Crippen MR) is 159 cm³/mol. The Morgan fingerprint density at radius 1 is 1.05 bits per heavy atom. The van der Waals surface area contributed by atoms with Gasteiger partial charge in [0.1, 0.15) is 17.1 Å². The van der Waals surface area contributed by atoms with E-state index in [1.165, 1.54) is 16.4 Å². The van der Waals surface area contributed by atoms with Crippen molar-refractivity contribution in [1.29, 1.82) is 0 Å². The average Bonchev–Trinajstić information content (AvgIpc) is 3.31. The summed E-state index contributed by atoms with van der Waals surface area (Å²) in [6.07, 6.45) is 1.40. The lowest BCUT2D eigenvalue weighted by molar-refractivity contribution is 0.1000. The van der Waals surface area contributed by atoms with Gasteiger partial charge in [-0.2, -0.15) is 9.40 Å². The van der Waals surface area contributed by atoms with Gasteiger partial charge >= 0.3 is 0 Å². The van der Waals surface area contributed by atoms with Crippen molar-refractivity contribution in [3.05, 3.63) is 69.6 Å². The Balaban J connectivity index is 1.59. The van der Waals surface area contributed by atoms with E-state index in [9.17, 15) is 18.0 Å². The molecule has 42 heavy (non-hydrogen) atoms. The first kappa shape index (κ1) is 29.4. The van der Waals surface area contributed by atoms with Crippen molar-refractivity contribution in [3.63, 3.8) is 0 Å². The van der Waals surface area contributed by atoms with Gasteiger partial charge in [-0.05, 0) is 56.3 Å². The van der Waals surface area contributed by atoms with Crippen LogP contribution in [0.3, 0.4) is 0 Å². The second kappa shape index (κ2) is 12.0. The number of hydrogen-bond donors (Lipinski definition) is 2. The van der Waals surface area contributed by atoms with E-state index in [1.807, 2.05) is 20.9 Å². The van der Waals surface area contributed by atoms with E-state index >= 15 is 0 Å². The van der Waals surface area contributed by atoms with E-state index in [0.29, 0.717) is 68.1 Å². The Bertz CT molecular complexity index is 1770. The normalized spacial score (nSPS) is 14.8. The number of piperazine rings is 1. The first-order chi connectivity index (χ1) is 20.1. The highest BCUT2D eigenvalue weighted by Crippen LogP contribution is 2.32. The topological polar surface area (TPSA) is 157 Å². The minimum absolute atomic E-state index is 0.108. The summed E-state index contributed by atoms with van der Waals surface area (Å²) in [4.78, 5) is 34.6. The van der Waals surface area contributed by atoms with Gasteiger partial charge in [-0.15, -0.1) is 0 Å². The molecule has 0 spiro atoms. The van der Waals surface area contributed by atoms with E-state index in [-0.39, 0.29) is 16.2 Å². The number of carbonyl (C=O) groups is 1. The van der Waals surface area contributed by atoms with Crippen LogP contribution in [-0.4, -0.2) is 83.1 Å². The molecule has 0 atom stereocenters. The zero-order chi connectivity index (χ0) is 30.0. The molecule has 0 bridgehead atoms. The Morgan fingerprint density at radius 3 is 2.40 bits per heavy atom. The minimum atomic E-state index is -3.77. The Kier molecular flexibility index (Phi) is 8.43. The summed E-state index contributed by atoms with van der Waals surface area (Å²) in [7, 11) is -1.81. The number of sulfonamides is 1. The van der Waals surface area contributed by atoms with Crippen molar-refractivity contribution in [2.24, 2.45) is 5.73 Å². The first-order valence-electron chi connectivity index (χ1n) is 14.0. The first-order valence-corrected chi connectivity index (χ1v) is 15.4. The number of primary amides is 1. The second-order valence-corrected chi connectivity index (χ2v) is 12.3. The molecule has 2 aromatic heterocycles. The molecule has 222 valence electrons. The zero-order valence-electron chi connectivity index (χ0n) is 24.0. The number of nitrogens with two attached hydrogens (primary N) is 1. The number of hydrogen-bond acceptors (Lipinski definition) is 8. The quantitative estimate of drug-likeness (QED) is 0.284. The molecule has 13 heteroatoms. The van der Waals surface area contributed by atoms with E-state index in [1.54, 1.807) is 35.0 Å². The highest BCUT2D eigenvalue weighted by Gasteiger charge is 2.29. The average molecular weight is 594 g/mol. The number of carbonyl (C=O) groups excluding carboxylic acids is 1. The predicted octanol–water partition coefficient (Wildman–Crippen LogP) is 2.22. The number of aryl methyl sites for hydroxylation is 1. The number of rotatable bonds is 10. The van der Waals surface area contributed by atoms with Gasteiger partial charge in [-0.3, -0.25) is 14.3 Å². The molecule has 12 nitrogen and oxygen atoms in total. The van der Waals surface area contributed by atoms with Crippen LogP contribution in [0.1, 0.15) is 41.9 Å². The maximum absolute atomic E-state index is 13.5. The maximum atomic E-state index is 13.5. The molecule has 1 aliphatic rings. The number of ether oxygens (including phenoxy) is 1. The third-order valence-electron chi connectivity index (χ3n) is 7.36. The Hall–Kier alpha value is -4.07. The van der Waals surface area contributed by atoms with Gasteiger partial charge in [-0.25, -0.2) is 13.4 Å². The monoisotopic (exact) mass is 593 g/mol. The van der Waals surface area contributed by atoms with Crippen molar-refractivity contribution in [1.82, 2.24) is 29.0 Å². The summed E-state index contributed by atoms with van der Waals surface area (Å²) in [5.41, 5.74) is 8.00. The highest BCUT2D eigenvalue weighted by molar-refractivity contribution is 7.89. The second-order valence-electron chi connectivity index (χ2n) is 10.3. The van der Waals surface area contributed by atoms with Gasteiger partial charge in [0, 0.05) is 31.7 Å². The van der Waals surface area contributed by atoms with Crippen LogP contribution in [0.25, 0.3) is 22.4 Å². The fourth-order valence-corrected chi connectivity index (χ4v) is 6.52. The van der Waals surface area contributed by atoms with Gasteiger partial charge in [0.05, 0.1) is 29.3 Å². The molecule has 3 heterocycles. The summed E-state index contributed by atoms with van der Waals surface area (Å²) >= 11 is 0. The highest BCUT2D eigenvalue weighted by atomic mass is 32.2. The molecular formula is C29H35N7O5S. The van der Waals surface area contributed by atoms with Gasteiger partial charge < -0.3 is 20.4 Å². The third-order valence-corrected chi connectivity index (χ3v) is 9.26. The Morgan fingerprint density at radius 2 is 1.76 bits per heavy atom. The molecule has 1 saturated heterocycles. The number of likely N-dealkylation sites (N-methyl/N-ethyl adjacent to an activating group) is 1. The molecule has 3 N–H and O–H groups in total. The van der Waals surface area contributed by atoms with Crippen LogP contribution in [-0.2, 0) is 23.0 Å². The number of aromatic amines is 1. The lowest BCUT2D eigenvalue weighted by Gasteiger charge is -2.31. The lowest BCUT2D eigenvalue weighted by Crippen LogP contribution is -2.47. The molecule has 2 aromatic carbocycles. The van der Waals surface area contributed by atoms with Gasteiger partial charge in [0.2, 0.25) is 15.9 Å². The largest absolute Gasteiger partial charge is 0.493 e. The van der Waals surface area contributed by atoms with Gasteiger partial charge in [0.15, 0.2) is 5.52 Å². The van der Waals surface area contributed by atoms with Crippen molar-refractivity contribution >= 4 is 27.0 Å². The van der Waals surface area contributed by atoms with E-state index in [4.69, 9.17) is 15.5 Å². The van der Waals surface area contributed by atoms with Crippen LogP contribution in [0.4, 0.5) is 0 Å². The van der Waals surface area contributed by atoms with Crippen molar-refractivity contribution in [3.8, 4) is 17.1 Å². The molecule has 0 saturated carbocycles. The summed E-state index contributed by atoms with van der Waals surface area (Å²) in [5, 5.41) is 4.58. The molecule has 1 aliphatic heterocycles. The van der Waals surface area contributed by atoms with Crippen LogP contribution in [0, 0.1) is 0 Å². The zero-order valence-corrected chi connectivity index (χ0v) is 24.8. The molecular weight excluding hydrogens is 558 g/mol. The minimum Gasteiger partial charge on any atom is -0.493 e. The number of nitrogens with one attached hydrogen (secondary N) is 1. The molecule has 4 aromatic rings. The molecule has 5 rings (SSSR count). The van der Waals surface area contributed by atoms with Crippen LogP contribution >= 0.6 is 0 Å². The summed E-state index contributed by atoms with van der Waals surface area (Å²) < 4.78 is 36.1. The van der Waals surface area contributed by atoms with Crippen molar-refractivity contribution in [2.45, 2.75) is 38.1 Å². The lowest BCUT2D eigenvalue weighted by atomic mass is 10.1. The molecule has 0 unspecified atom stereocenters. The van der Waals surface area contributed by atoms with E-state index in [0.717, 1.165) is 17.7 Å². The summed E-state index contributed by atoms with van der Waals surface area (Å²) in [5.74, 6) is 0.110. The molecule has 0 radical (unpaired) electrons. The molecule has 1 fully saturated rings. The van der Waals surface area contributed by atoms with Crippen LogP contribution in [0.2, 0.25) is 0 Å². The van der Waals surface area contributed by atoms with Gasteiger partial charge in [-0.1, -0.05) is 25.5 Å². The summed E-state index contributed by atoms with van der Waals surface area (Å²) in [6, 6.07) is 11.6. The van der Waals surface area contributed by atoms with Gasteiger partial charge in [0.25, 0.3) is 5.56 Å². The summed E-state index contributed by atoms with van der Waals surface area (Å²) in [6.45, 7) is 6.65. The fraction of sp³-hybridized carbons (Fsp3) is 0.379. The van der Waals surface area contributed by atoms with Crippen LogP contribution < -0.4 is 16.0 Å². The molecule has 0 aliphatic carbocycles. The number of benzene rings is 2. The van der Waals surface area contributed by atoms with E-state index < -0.39 is 21.5 Å². The maximum Gasteiger partial charge on any atom is 0.279 e. The van der Waals surface area contributed by atoms with Crippen LogP contribution in [0.15, 0.2) is 52.2 Å². The van der Waals surface area contributed by atoms with E-state index in [2.05, 4.69) is 15.0 Å². The number of H-pyrrole nitrogens is 1. The number of amides is 1. The third kappa shape index (κ3) is 5.80. The van der Waals surface area contributed by atoms with Crippen molar-refractivity contribution in [2.75, 3.05) is 39.8 Å². The fourth-order valence-electron chi connectivity index (χ4n) is 5.07. The number of aromatic nitrogens is 4.